The summed E-state index contributed by atoms with van der Waals surface area (Å²) in [5, 5.41) is 4.83. The molecule has 2 rings (SSSR count). The Morgan fingerprint density at radius 2 is 2.06 bits per heavy atom. The van der Waals surface area contributed by atoms with Crippen molar-refractivity contribution in [3.63, 3.8) is 0 Å². The van der Waals surface area contributed by atoms with E-state index in [1.54, 1.807) is 11.5 Å². The molecule has 3 nitrogen and oxygen atoms in total. The maximum atomic E-state index is 4.79. The highest BCUT2D eigenvalue weighted by molar-refractivity contribution is 7.05. The highest BCUT2D eigenvalue weighted by Gasteiger charge is 2.31. The Bertz CT molecular complexity index is 371. The topological polar surface area (TPSA) is 37.8 Å². The first kappa shape index (κ1) is 13.9. The van der Waals surface area contributed by atoms with Gasteiger partial charge in [-0.05, 0) is 50.2 Å². The van der Waals surface area contributed by atoms with E-state index >= 15 is 0 Å². The molecule has 0 aromatic carbocycles. The van der Waals surface area contributed by atoms with Crippen molar-refractivity contribution < 1.29 is 0 Å². The molecule has 2 atom stereocenters. The molecular formula is C14H25N3S. The summed E-state index contributed by atoms with van der Waals surface area (Å²) in [5.41, 5.74) is 0. The average molecular weight is 267 g/mol. The van der Waals surface area contributed by atoms with E-state index in [4.69, 9.17) is 4.98 Å². The third kappa shape index (κ3) is 3.29. The lowest BCUT2D eigenvalue weighted by molar-refractivity contribution is 0.376. The summed E-state index contributed by atoms with van der Waals surface area (Å²) in [6.45, 7) is 10.1. The highest BCUT2D eigenvalue weighted by Crippen LogP contribution is 2.40. The molecule has 1 aliphatic rings. The molecule has 0 spiro atoms. The van der Waals surface area contributed by atoms with Gasteiger partial charge in [-0.1, -0.05) is 20.8 Å². The van der Waals surface area contributed by atoms with Crippen molar-refractivity contribution in [2.75, 3.05) is 6.54 Å². The van der Waals surface area contributed by atoms with E-state index in [1.165, 1.54) is 24.3 Å². The molecule has 102 valence electrons. The molecule has 18 heavy (non-hydrogen) atoms. The Morgan fingerprint density at radius 1 is 1.33 bits per heavy atom. The molecule has 0 saturated heterocycles. The molecule has 1 saturated carbocycles. The van der Waals surface area contributed by atoms with Crippen molar-refractivity contribution >= 4 is 11.5 Å². The first-order valence-corrected chi connectivity index (χ1v) is 7.97. The van der Waals surface area contributed by atoms with Gasteiger partial charge in [0, 0.05) is 17.9 Å². The lowest BCUT2D eigenvalue weighted by Gasteiger charge is -2.26. The second-order valence-electron chi connectivity index (χ2n) is 5.78. The van der Waals surface area contributed by atoms with Crippen molar-refractivity contribution in [1.29, 1.82) is 0 Å². The molecule has 4 heteroatoms. The van der Waals surface area contributed by atoms with Gasteiger partial charge in [-0.3, -0.25) is 0 Å². The molecule has 2 unspecified atom stereocenters. The lowest BCUT2D eigenvalue weighted by Crippen LogP contribution is -2.35. The van der Waals surface area contributed by atoms with Gasteiger partial charge >= 0.3 is 0 Å². The van der Waals surface area contributed by atoms with Gasteiger partial charge in [-0.2, -0.15) is 4.37 Å². The van der Waals surface area contributed by atoms with E-state index in [0.717, 1.165) is 12.4 Å². The van der Waals surface area contributed by atoms with Crippen molar-refractivity contribution in [2.24, 2.45) is 5.92 Å². The Morgan fingerprint density at radius 3 is 2.61 bits per heavy atom. The minimum atomic E-state index is 0.477. The summed E-state index contributed by atoms with van der Waals surface area (Å²) in [4.78, 5) is 4.79. The van der Waals surface area contributed by atoms with E-state index in [2.05, 4.69) is 37.4 Å². The summed E-state index contributed by atoms with van der Waals surface area (Å²) in [7, 11) is 0. The van der Waals surface area contributed by atoms with Gasteiger partial charge in [0.05, 0.1) is 0 Å². The smallest absolute Gasteiger partial charge is 0.145 e. The van der Waals surface area contributed by atoms with Crippen molar-refractivity contribution in [1.82, 2.24) is 14.7 Å². The maximum absolute atomic E-state index is 4.79. The van der Waals surface area contributed by atoms with Crippen LogP contribution in [0.25, 0.3) is 0 Å². The SMILES string of the molecule is CCCNC(C)C(c1nc(C2CC2)ns1)C(C)C. The monoisotopic (exact) mass is 267 g/mol. The maximum Gasteiger partial charge on any atom is 0.145 e. The van der Waals surface area contributed by atoms with E-state index in [0.29, 0.717) is 23.8 Å². The van der Waals surface area contributed by atoms with Crippen LogP contribution >= 0.6 is 11.5 Å². The van der Waals surface area contributed by atoms with Crippen LogP contribution in [0.5, 0.6) is 0 Å². The Hall–Kier alpha value is -0.480. The predicted octanol–water partition coefficient (Wildman–Crippen LogP) is 3.54. The zero-order chi connectivity index (χ0) is 13.1. The number of rotatable bonds is 7. The van der Waals surface area contributed by atoms with Crippen LogP contribution in [0, 0.1) is 5.92 Å². The van der Waals surface area contributed by atoms with Crippen LogP contribution in [0.4, 0.5) is 0 Å². The molecule has 1 aliphatic carbocycles. The molecule has 1 aromatic rings. The standard InChI is InChI=1S/C14H25N3S/c1-5-8-15-10(4)12(9(2)3)14-16-13(17-18-14)11-6-7-11/h9-12,15H,5-8H2,1-4H3. The molecule has 0 amide bonds. The van der Waals surface area contributed by atoms with Crippen LogP contribution in [-0.2, 0) is 0 Å². The Labute approximate surface area is 115 Å². The molecule has 1 heterocycles. The van der Waals surface area contributed by atoms with Gasteiger partial charge in [0.1, 0.15) is 10.8 Å². The summed E-state index contributed by atoms with van der Waals surface area (Å²) in [6.07, 6.45) is 3.75. The molecule has 1 aromatic heterocycles. The van der Waals surface area contributed by atoms with E-state index in [-0.39, 0.29) is 0 Å². The van der Waals surface area contributed by atoms with E-state index in [1.807, 2.05) is 0 Å². The number of nitrogens with one attached hydrogen (secondary N) is 1. The number of hydrogen-bond acceptors (Lipinski definition) is 4. The molecule has 0 radical (unpaired) electrons. The Balaban J connectivity index is 2.07. The van der Waals surface area contributed by atoms with Crippen LogP contribution in [0.1, 0.15) is 69.6 Å². The number of hydrogen-bond donors (Lipinski definition) is 1. The normalized spacial score (nSPS) is 19.2. The van der Waals surface area contributed by atoms with Crippen molar-refractivity contribution in [3.8, 4) is 0 Å². The Kier molecular flexibility index (Phi) is 4.73. The zero-order valence-electron chi connectivity index (χ0n) is 11.9. The third-order valence-electron chi connectivity index (χ3n) is 3.66. The minimum Gasteiger partial charge on any atom is -0.314 e. The highest BCUT2D eigenvalue weighted by atomic mass is 32.1. The van der Waals surface area contributed by atoms with Crippen LogP contribution in [0.3, 0.4) is 0 Å². The second-order valence-corrected chi connectivity index (χ2v) is 6.56. The van der Waals surface area contributed by atoms with Gasteiger partial charge in [-0.15, -0.1) is 0 Å². The summed E-state index contributed by atoms with van der Waals surface area (Å²) >= 11 is 1.61. The lowest BCUT2D eigenvalue weighted by atomic mass is 9.90. The van der Waals surface area contributed by atoms with Gasteiger partial charge in [-0.25, -0.2) is 4.98 Å². The largest absolute Gasteiger partial charge is 0.314 e. The predicted molar refractivity (Wildman–Crippen MR) is 77.2 cm³/mol. The molecule has 1 N–H and O–H groups in total. The summed E-state index contributed by atoms with van der Waals surface area (Å²) in [6, 6.07) is 0.477. The van der Waals surface area contributed by atoms with Crippen molar-refractivity contribution in [2.45, 2.75) is 64.8 Å². The number of aromatic nitrogens is 2. The van der Waals surface area contributed by atoms with Gasteiger partial charge < -0.3 is 5.32 Å². The fourth-order valence-electron chi connectivity index (χ4n) is 2.47. The molecule has 1 fully saturated rings. The average Bonchev–Trinajstić information content (AvgIpc) is 3.07. The minimum absolute atomic E-state index is 0.477. The van der Waals surface area contributed by atoms with Crippen molar-refractivity contribution in [3.05, 3.63) is 10.8 Å². The summed E-state index contributed by atoms with van der Waals surface area (Å²) in [5.74, 6) is 2.86. The van der Waals surface area contributed by atoms with Crippen LogP contribution in [0.15, 0.2) is 0 Å². The first-order chi connectivity index (χ1) is 8.63. The van der Waals surface area contributed by atoms with Crippen LogP contribution < -0.4 is 5.32 Å². The quantitative estimate of drug-likeness (QED) is 0.821. The van der Waals surface area contributed by atoms with Gasteiger partial charge in [0.15, 0.2) is 0 Å². The third-order valence-corrected chi connectivity index (χ3v) is 4.49. The van der Waals surface area contributed by atoms with Gasteiger partial charge in [0.2, 0.25) is 0 Å². The fraction of sp³-hybridized carbons (Fsp3) is 0.857. The molecular weight excluding hydrogens is 242 g/mol. The van der Waals surface area contributed by atoms with Gasteiger partial charge in [0.25, 0.3) is 0 Å². The fourth-order valence-corrected chi connectivity index (χ4v) is 3.57. The number of nitrogens with zero attached hydrogens (tertiary/aromatic N) is 2. The van der Waals surface area contributed by atoms with Crippen LogP contribution in [0.2, 0.25) is 0 Å². The molecule has 0 bridgehead atoms. The second kappa shape index (κ2) is 6.11. The molecule has 0 aliphatic heterocycles. The summed E-state index contributed by atoms with van der Waals surface area (Å²) < 4.78 is 4.55. The zero-order valence-corrected chi connectivity index (χ0v) is 12.8. The first-order valence-electron chi connectivity index (χ1n) is 7.20. The van der Waals surface area contributed by atoms with Crippen LogP contribution in [-0.4, -0.2) is 21.9 Å². The van der Waals surface area contributed by atoms with E-state index < -0.39 is 0 Å². The van der Waals surface area contributed by atoms with E-state index in [9.17, 15) is 0 Å².